The Morgan fingerprint density at radius 3 is 2.40 bits per heavy atom. The number of rotatable bonds is 3. The van der Waals surface area contributed by atoms with Crippen molar-refractivity contribution in [2.24, 2.45) is 0 Å². The van der Waals surface area contributed by atoms with Crippen LogP contribution in [-0.4, -0.2) is 8.42 Å². The molecule has 0 atom stereocenters. The van der Waals surface area contributed by atoms with E-state index in [0.29, 0.717) is 10.2 Å². The van der Waals surface area contributed by atoms with Crippen molar-refractivity contribution in [2.45, 2.75) is 4.90 Å². The highest BCUT2D eigenvalue weighted by Gasteiger charge is 2.20. The van der Waals surface area contributed by atoms with Crippen molar-refractivity contribution < 1.29 is 12.8 Å². The summed E-state index contributed by atoms with van der Waals surface area (Å²) in [6.45, 7) is 0. The highest BCUT2D eigenvalue weighted by atomic mass is 79.9. The van der Waals surface area contributed by atoms with Gasteiger partial charge in [-0.3, -0.25) is 4.72 Å². The van der Waals surface area contributed by atoms with Gasteiger partial charge in [-0.2, -0.15) is 0 Å². The Hall–Kier alpha value is -1.12. The number of nitrogen functional groups attached to an aromatic ring is 1. The maximum atomic E-state index is 13.3. The van der Waals surface area contributed by atoms with Gasteiger partial charge >= 0.3 is 0 Å². The fourth-order valence-corrected chi connectivity index (χ4v) is 4.14. The first-order valence-corrected chi connectivity index (χ1v) is 8.40. The molecule has 0 fully saturated rings. The average Bonchev–Trinajstić information content (AvgIpc) is 2.36. The van der Waals surface area contributed by atoms with Crippen molar-refractivity contribution in [3.8, 4) is 0 Å². The molecule has 2 rings (SSSR count). The molecule has 0 aliphatic rings. The zero-order valence-electron chi connectivity index (χ0n) is 9.90. The summed E-state index contributed by atoms with van der Waals surface area (Å²) in [6, 6.07) is 8.83. The maximum absolute atomic E-state index is 13.3. The van der Waals surface area contributed by atoms with Gasteiger partial charge in [-0.1, -0.05) is 12.1 Å². The van der Waals surface area contributed by atoms with Crippen LogP contribution in [0.25, 0.3) is 0 Å². The van der Waals surface area contributed by atoms with Gasteiger partial charge in [0, 0.05) is 8.95 Å². The van der Waals surface area contributed by atoms with Crippen LogP contribution in [0, 0.1) is 5.82 Å². The fraction of sp³-hybridized carbons (Fsp3) is 0. The van der Waals surface area contributed by atoms with E-state index in [1.165, 1.54) is 0 Å². The lowest BCUT2D eigenvalue weighted by Crippen LogP contribution is -2.14. The first kappa shape index (κ1) is 15.3. The summed E-state index contributed by atoms with van der Waals surface area (Å²) in [5.41, 5.74) is 5.55. The fourth-order valence-electron chi connectivity index (χ4n) is 1.49. The molecular formula is C12H9Br2FN2O2S. The molecule has 2 aromatic carbocycles. The minimum absolute atomic E-state index is 0.101. The lowest BCUT2D eigenvalue weighted by Gasteiger charge is -2.11. The Labute approximate surface area is 132 Å². The highest BCUT2D eigenvalue weighted by Crippen LogP contribution is 2.30. The van der Waals surface area contributed by atoms with Gasteiger partial charge < -0.3 is 5.73 Å². The van der Waals surface area contributed by atoms with Gasteiger partial charge in [-0.25, -0.2) is 12.8 Å². The third kappa shape index (κ3) is 3.13. The van der Waals surface area contributed by atoms with Crippen LogP contribution in [0.4, 0.5) is 15.8 Å². The molecule has 0 aliphatic heterocycles. The second kappa shape index (κ2) is 5.71. The molecule has 0 saturated heterocycles. The zero-order valence-corrected chi connectivity index (χ0v) is 13.9. The van der Waals surface area contributed by atoms with E-state index in [4.69, 9.17) is 5.73 Å². The number of para-hydroxylation sites is 1. The van der Waals surface area contributed by atoms with Crippen molar-refractivity contribution in [1.29, 1.82) is 0 Å². The predicted molar refractivity (Wildman–Crippen MR) is 83.5 cm³/mol. The second-order valence-electron chi connectivity index (χ2n) is 3.89. The predicted octanol–water partition coefficient (Wildman–Crippen LogP) is 3.73. The quantitative estimate of drug-likeness (QED) is 0.738. The van der Waals surface area contributed by atoms with Gasteiger partial charge in [0.2, 0.25) is 0 Å². The molecule has 0 saturated carbocycles. The third-order valence-electron chi connectivity index (χ3n) is 2.46. The molecule has 0 spiro atoms. The summed E-state index contributed by atoms with van der Waals surface area (Å²) in [4.78, 5) is -0.132. The van der Waals surface area contributed by atoms with Crippen LogP contribution in [0.15, 0.2) is 50.2 Å². The summed E-state index contributed by atoms with van der Waals surface area (Å²) in [5.74, 6) is -0.684. The van der Waals surface area contributed by atoms with Gasteiger partial charge in [0.05, 0.1) is 11.4 Å². The van der Waals surface area contributed by atoms with Gasteiger partial charge in [-0.15, -0.1) is 0 Å². The number of sulfonamides is 1. The molecule has 0 aromatic heterocycles. The second-order valence-corrected chi connectivity index (χ2v) is 7.25. The van der Waals surface area contributed by atoms with Crippen LogP contribution in [0.2, 0.25) is 0 Å². The normalized spacial score (nSPS) is 11.3. The Morgan fingerprint density at radius 1 is 1.10 bits per heavy atom. The topological polar surface area (TPSA) is 72.2 Å². The summed E-state index contributed by atoms with van der Waals surface area (Å²) >= 11 is 6.27. The molecule has 0 unspecified atom stereocenters. The summed E-state index contributed by atoms with van der Waals surface area (Å²) in [7, 11) is -3.88. The third-order valence-corrected chi connectivity index (χ3v) is 5.47. The van der Waals surface area contributed by atoms with Crippen LogP contribution in [-0.2, 0) is 10.0 Å². The van der Waals surface area contributed by atoms with E-state index in [1.807, 2.05) is 0 Å². The lowest BCUT2D eigenvalue weighted by molar-refractivity contribution is 0.599. The number of hydrogen-bond acceptors (Lipinski definition) is 3. The van der Waals surface area contributed by atoms with Gasteiger partial charge in [-0.05, 0) is 56.1 Å². The molecule has 0 radical (unpaired) electrons. The Bertz CT molecular complexity index is 766. The van der Waals surface area contributed by atoms with Crippen LogP contribution >= 0.6 is 31.9 Å². The number of hydrogen-bond donors (Lipinski definition) is 2. The Balaban J connectivity index is 2.47. The first-order chi connectivity index (χ1) is 9.31. The number of halogens is 3. The smallest absolute Gasteiger partial charge is 0.263 e. The van der Waals surface area contributed by atoms with E-state index in [2.05, 4.69) is 36.6 Å². The summed E-state index contributed by atoms with van der Waals surface area (Å²) < 4.78 is 41.0. The maximum Gasteiger partial charge on any atom is 0.263 e. The number of benzene rings is 2. The molecule has 3 N–H and O–H groups in total. The summed E-state index contributed by atoms with van der Waals surface area (Å²) in [5, 5.41) is 0. The average molecular weight is 424 g/mol. The summed E-state index contributed by atoms with van der Waals surface area (Å²) in [6.07, 6.45) is 0. The van der Waals surface area contributed by atoms with Crippen molar-refractivity contribution in [3.05, 3.63) is 51.2 Å². The van der Waals surface area contributed by atoms with Gasteiger partial charge in [0.25, 0.3) is 10.0 Å². The SMILES string of the molecule is Nc1cc(S(=O)(=O)Nc2ccccc2Br)c(Br)cc1F. The zero-order chi connectivity index (χ0) is 14.9. The minimum Gasteiger partial charge on any atom is -0.396 e. The molecular weight excluding hydrogens is 415 g/mol. The molecule has 106 valence electrons. The molecule has 0 bridgehead atoms. The van der Waals surface area contributed by atoms with Crippen LogP contribution in [0.1, 0.15) is 0 Å². The number of anilines is 2. The van der Waals surface area contributed by atoms with Gasteiger partial charge in [0.1, 0.15) is 10.7 Å². The highest BCUT2D eigenvalue weighted by molar-refractivity contribution is 9.11. The molecule has 8 heteroatoms. The molecule has 2 aromatic rings. The van der Waals surface area contributed by atoms with E-state index < -0.39 is 15.8 Å². The van der Waals surface area contributed by atoms with Crippen LogP contribution < -0.4 is 10.5 Å². The van der Waals surface area contributed by atoms with E-state index >= 15 is 0 Å². The molecule has 4 nitrogen and oxygen atoms in total. The number of nitrogens with two attached hydrogens (primary N) is 1. The largest absolute Gasteiger partial charge is 0.396 e. The minimum atomic E-state index is -3.88. The van der Waals surface area contributed by atoms with Crippen molar-refractivity contribution in [3.63, 3.8) is 0 Å². The van der Waals surface area contributed by atoms with E-state index in [1.54, 1.807) is 24.3 Å². The van der Waals surface area contributed by atoms with E-state index in [-0.39, 0.29) is 15.1 Å². The molecule has 0 aliphatic carbocycles. The Morgan fingerprint density at radius 2 is 1.75 bits per heavy atom. The van der Waals surface area contributed by atoms with Crippen LogP contribution in [0.3, 0.4) is 0 Å². The van der Waals surface area contributed by atoms with Crippen molar-refractivity contribution in [2.75, 3.05) is 10.5 Å². The molecule has 0 heterocycles. The van der Waals surface area contributed by atoms with Gasteiger partial charge in [0.15, 0.2) is 0 Å². The first-order valence-electron chi connectivity index (χ1n) is 5.33. The van der Waals surface area contributed by atoms with Crippen molar-refractivity contribution >= 4 is 53.3 Å². The lowest BCUT2D eigenvalue weighted by atomic mass is 10.3. The van der Waals surface area contributed by atoms with Crippen molar-refractivity contribution in [1.82, 2.24) is 0 Å². The Kier molecular flexibility index (Phi) is 4.36. The standard InChI is InChI=1S/C12H9Br2FN2O2S/c13-7-3-1-2-4-11(7)17-20(18,19)12-6-10(16)9(15)5-8(12)14/h1-6,17H,16H2. The van der Waals surface area contributed by atoms with Crippen LogP contribution in [0.5, 0.6) is 0 Å². The molecule has 0 amide bonds. The number of nitrogens with one attached hydrogen (secondary N) is 1. The van der Waals surface area contributed by atoms with E-state index in [0.717, 1.165) is 12.1 Å². The monoisotopic (exact) mass is 422 g/mol. The van der Waals surface area contributed by atoms with E-state index in [9.17, 15) is 12.8 Å². The molecule has 20 heavy (non-hydrogen) atoms.